The molecular weight excluding hydrogens is 324 g/mol. The van der Waals surface area contributed by atoms with Gasteiger partial charge in [0, 0.05) is 13.1 Å². The van der Waals surface area contributed by atoms with E-state index in [2.05, 4.69) is 15.0 Å². The fraction of sp³-hybridized carbons (Fsp3) is 0.556. The first-order chi connectivity index (χ1) is 11.8. The van der Waals surface area contributed by atoms with Gasteiger partial charge in [-0.3, -0.25) is 9.69 Å². The molecule has 3 rings (SSSR count). The second-order valence-electron chi connectivity index (χ2n) is 6.96. The molecule has 2 atom stereocenters. The molecule has 2 saturated heterocycles. The quantitative estimate of drug-likeness (QED) is 0.646. The summed E-state index contributed by atoms with van der Waals surface area (Å²) >= 11 is 0. The fourth-order valence-electron chi connectivity index (χ4n) is 2.38. The van der Waals surface area contributed by atoms with Gasteiger partial charge in [0.1, 0.15) is 12.2 Å². The van der Waals surface area contributed by atoms with Gasteiger partial charge in [-0.25, -0.2) is 4.79 Å². The highest BCUT2D eigenvalue weighted by Crippen LogP contribution is 2.37. The van der Waals surface area contributed by atoms with Crippen molar-refractivity contribution in [2.75, 3.05) is 26.2 Å². The first-order valence-corrected chi connectivity index (χ1v) is 8.30. The summed E-state index contributed by atoms with van der Waals surface area (Å²) in [5, 5.41) is 2.75. The molecule has 0 bridgehead atoms. The normalized spacial score (nSPS) is 23.6. The molecule has 7 heteroatoms. The highest BCUT2D eigenvalue weighted by atomic mass is 16.6. The maximum Gasteiger partial charge on any atom is 0.407 e. The SMILES string of the molecule is CC(C)(C)OC=O.O=C(NCC12CN1CCO2)OCc1ccccc1. The molecule has 138 valence electrons. The number of alkyl carbamates (subject to hydrolysis) is 1. The number of nitrogens with one attached hydrogen (secondary N) is 1. The molecule has 7 nitrogen and oxygen atoms in total. The number of nitrogens with zero attached hydrogens (tertiary/aromatic N) is 1. The third kappa shape index (κ3) is 6.36. The number of rotatable bonds is 5. The van der Waals surface area contributed by atoms with Gasteiger partial charge < -0.3 is 19.5 Å². The summed E-state index contributed by atoms with van der Waals surface area (Å²) in [7, 11) is 0. The van der Waals surface area contributed by atoms with Crippen LogP contribution in [0.15, 0.2) is 30.3 Å². The van der Waals surface area contributed by atoms with E-state index in [0.717, 1.165) is 25.3 Å². The Kier molecular flexibility index (Phi) is 6.39. The Morgan fingerprint density at radius 2 is 2.08 bits per heavy atom. The number of benzene rings is 1. The van der Waals surface area contributed by atoms with E-state index in [1.807, 2.05) is 51.1 Å². The Morgan fingerprint density at radius 1 is 1.36 bits per heavy atom. The van der Waals surface area contributed by atoms with Crippen LogP contribution < -0.4 is 5.32 Å². The van der Waals surface area contributed by atoms with Crippen LogP contribution in [0.3, 0.4) is 0 Å². The molecule has 0 aliphatic carbocycles. The summed E-state index contributed by atoms with van der Waals surface area (Å²) in [6.07, 6.45) is -0.393. The van der Waals surface area contributed by atoms with E-state index in [1.54, 1.807) is 0 Å². The Balaban J connectivity index is 0.000000277. The molecule has 0 radical (unpaired) electrons. The van der Waals surface area contributed by atoms with Crippen LogP contribution in [0.4, 0.5) is 4.79 Å². The molecule has 1 amide bonds. The fourth-order valence-corrected chi connectivity index (χ4v) is 2.38. The van der Waals surface area contributed by atoms with E-state index in [1.165, 1.54) is 0 Å². The Hall–Kier alpha value is -2.12. The van der Waals surface area contributed by atoms with Crippen LogP contribution >= 0.6 is 0 Å². The van der Waals surface area contributed by atoms with Crippen molar-refractivity contribution < 1.29 is 23.8 Å². The zero-order valence-electron chi connectivity index (χ0n) is 15.0. The number of morpholine rings is 1. The Bertz CT molecular complexity index is 573. The van der Waals surface area contributed by atoms with E-state index in [-0.39, 0.29) is 11.3 Å². The molecule has 1 aromatic carbocycles. The van der Waals surface area contributed by atoms with Crippen molar-refractivity contribution in [3.63, 3.8) is 0 Å². The van der Waals surface area contributed by atoms with Gasteiger partial charge in [0.15, 0.2) is 5.72 Å². The number of carbonyl (C=O) groups excluding carboxylic acids is 2. The van der Waals surface area contributed by atoms with Crippen molar-refractivity contribution >= 4 is 12.6 Å². The molecule has 2 heterocycles. The van der Waals surface area contributed by atoms with Gasteiger partial charge in [-0.1, -0.05) is 30.3 Å². The molecule has 0 aromatic heterocycles. The molecule has 0 saturated carbocycles. The average molecular weight is 350 g/mol. The van der Waals surface area contributed by atoms with Crippen LogP contribution in [0.2, 0.25) is 0 Å². The molecule has 2 aliphatic rings. The van der Waals surface area contributed by atoms with Gasteiger partial charge in [0.2, 0.25) is 0 Å². The van der Waals surface area contributed by atoms with Crippen molar-refractivity contribution in [1.82, 2.24) is 10.2 Å². The smallest absolute Gasteiger partial charge is 0.407 e. The molecule has 1 aromatic rings. The van der Waals surface area contributed by atoms with Crippen LogP contribution in [-0.2, 0) is 25.6 Å². The topological polar surface area (TPSA) is 76.9 Å². The largest absolute Gasteiger partial charge is 0.462 e. The van der Waals surface area contributed by atoms with Crippen LogP contribution in [0.1, 0.15) is 26.3 Å². The zero-order valence-corrected chi connectivity index (χ0v) is 15.0. The van der Waals surface area contributed by atoms with Gasteiger partial charge in [0.25, 0.3) is 6.47 Å². The maximum absolute atomic E-state index is 11.5. The number of amides is 1. The van der Waals surface area contributed by atoms with Gasteiger partial charge in [0.05, 0.1) is 13.2 Å². The molecule has 1 N–H and O–H groups in total. The Morgan fingerprint density at radius 3 is 2.56 bits per heavy atom. The lowest BCUT2D eigenvalue weighted by atomic mass is 10.2. The van der Waals surface area contributed by atoms with Crippen LogP contribution in [0, 0.1) is 0 Å². The summed E-state index contributed by atoms with van der Waals surface area (Å²) in [5.41, 5.74) is 0.434. The van der Waals surface area contributed by atoms with Crippen molar-refractivity contribution in [3.8, 4) is 0 Å². The summed E-state index contributed by atoms with van der Waals surface area (Å²) in [4.78, 5) is 23.3. The third-order valence-electron chi connectivity index (χ3n) is 3.77. The minimum absolute atomic E-state index is 0.230. The van der Waals surface area contributed by atoms with Crippen molar-refractivity contribution in [1.29, 1.82) is 0 Å². The van der Waals surface area contributed by atoms with Gasteiger partial charge >= 0.3 is 6.09 Å². The second-order valence-corrected chi connectivity index (χ2v) is 6.96. The first-order valence-electron chi connectivity index (χ1n) is 8.30. The lowest BCUT2D eigenvalue weighted by molar-refractivity contribution is -0.138. The molecule has 25 heavy (non-hydrogen) atoms. The maximum atomic E-state index is 11.5. The highest BCUT2D eigenvalue weighted by Gasteiger charge is 2.57. The van der Waals surface area contributed by atoms with E-state index in [9.17, 15) is 9.59 Å². The van der Waals surface area contributed by atoms with Crippen molar-refractivity contribution in [3.05, 3.63) is 35.9 Å². The van der Waals surface area contributed by atoms with Crippen LogP contribution in [0.5, 0.6) is 0 Å². The standard InChI is InChI=1S/C13H16N2O3.C5H10O2/c16-12(17-8-11-4-2-1-3-5-11)14-9-13-10-15(13)6-7-18-13;1-5(2,3)7-4-6/h1-5H,6-10H2,(H,14,16);4H,1-3H3. The number of ether oxygens (including phenoxy) is 3. The first kappa shape index (κ1) is 19.2. The summed E-state index contributed by atoms with van der Waals surface area (Å²) in [6, 6.07) is 9.62. The zero-order chi connectivity index (χ0) is 18.3. The lowest BCUT2D eigenvalue weighted by Gasteiger charge is -2.14. The predicted octanol–water partition coefficient (Wildman–Crippen LogP) is 1.91. The molecule has 2 unspecified atom stereocenters. The van der Waals surface area contributed by atoms with E-state index >= 15 is 0 Å². The predicted molar refractivity (Wildman–Crippen MR) is 91.8 cm³/mol. The minimum Gasteiger partial charge on any atom is -0.462 e. The van der Waals surface area contributed by atoms with Gasteiger partial charge in [-0.15, -0.1) is 0 Å². The highest BCUT2D eigenvalue weighted by molar-refractivity contribution is 5.67. The van der Waals surface area contributed by atoms with Crippen LogP contribution in [0.25, 0.3) is 0 Å². The third-order valence-corrected chi connectivity index (χ3v) is 3.77. The van der Waals surface area contributed by atoms with E-state index in [0.29, 0.717) is 19.6 Å². The number of hydrogen-bond acceptors (Lipinski definition) is 6. The lowest BCUT2D eigenvalue weighted by Crippen LogP contribution is -2.36. The average Bonchev–Trinajstić information content (AvgIpc) is 3.11. The van der Waals surface area contributed by atoms with Crippen molar-refractivity contribution in [2.45, 2.75) is 38.7 Å². The number of fused-ring (bicyclic) bond motifs is 1. The van der Waals surface area contributed by atoms with E-state index in [4.69, 9.17) is 9.47 Å². The number of carbonyl (C=O) groups is 2. The summed E-state index contributed by atoms with van der Waals surface area (Å²) in [6.45, 7) is 9.34. The van der Waals surface area contributed by atoms with Gasteiger partial charge in [-0.2, -0.15) is 0 Å². The van der Waals surface area contributed by atoms with Gasteiger partial charge in [-0.05, 0) is 26.3 Å². The molecule has 0 spiro atoms. The van der Waals surface area contributed by atoms with Crippen molar-refractivity contribution in [2.24, 2.45) is 0 Å². The molecule has 2 aliphatic heterocycles. The molecule has 2 fully saturated rings. The number of hydrogen-bond donors (Lipinski definition) is 1. The van der Waals surface area contributed by atoms with Crippen LogP contribution in [-0.4, -0.2) is 55.0 Å². The minimum atomic E-state index is -0.393. The Labute approximate surface area is 148 Å². The summed E-state index contributed by atoms with van der Waals surface area (Å²) in [5.74, 6) is 0. The monoisotopic (exact) mass is 350 g/mol. The van der Waals surface area contributed by atoms with E-state index < -0.39 is 6.09 Å². The summed E-state index contributed by atoms with van der Waals surface area (Å²) < 4.78 is 15.3. The molecular formula is C18H26N2O5. The second kappa shape index (κ2) is 8.31.